The van der Waals surface area contributed by atoms with Crippen LogP contribution in [0, 0.1) is 6.92 Å². The van der Waals surface area contributed by atoms with E-state index in [1.54, 1.807) is 20.4 Å². The van der Waals surface area contributed by atoms with Crippen molar-refractivity contribution in [2.45, 2.75) is 39.0 Å². The number of aromatic nitrogens is 1. The number of aliphatic hydroxyl groups is 1. The number of aliphatic hydroxyl groups excluding tert-OH is 1. The molecule has 41 heavy (non-hydrogen) atoms. The first kappa shape index (κ1) is 33.5. The van der Waals surface area contributed by atoms with E-state index in [0.717, 1.165) is 78.5 Å². The van der Waals surface area contributed by atoms with E-state index in [9.17, 15) is 0 Å². The Kier molecular flexibility index (Phi) is 14.0. The minimum Gasteiger partial charge on any atom is -0.496 e. The van der Waals surface area contributed by atoms with E-state index in [2.05, 4.69) is 48.8 Å². The van der Waals surface area contributed by atoms with Crippen LogP contribution in [-0.2, 0) is 14.9 Å². The molecule has 0 amide bonds. The summed E-state index contributed by atoms with van der Waals surface area (Å²) in [4.78, 5) is 4.42. The molecule has 6 nitrogen and oxygen atoms in total. The Labute approximate surface area is 247 Å². The number of allylic oxidation sites excluding steroid dienone is 3. The Morgan fingerprint density at radius 3 is 2.44 bits per heavy atom. The zero-order valence-corrected chi connectivity index (χ0v) is 25.4. The lowest BCUT2D eigenvalue weighted by molar-refractivity contribution is 0.0136. The number of hydrogen-bond acceptors (Lipinski definition) is 6. The predicted molar refractivity (Wildman–Crippen MR) is 172 cm³/mol. The van der Waals surface area contributed by atoms with Crippen LogP contribution in [0.15, 0.2) is 84.2 Å². The van der Waals surface area contributed by atoms with Crippen molar-refractivity contribution in [1.29, 1.82) is 0 Å². The average molecular weight is 561 g/mol. The lowest BCUT2D eigenvalue weighted by atomic mass is 9.74. The van der Waals surface area contributed by atoms with Gasteiger partial charge in [0.2, 0.25) is 0 Å². The summed E-state index contributed by atoms with van der Waals surface area (Å²) >= 11 is 0. The van der Waals surface area contributed by atoms with Crippen LogP contribution < -0.4 is 20.9 Å². The maximum absolute atomic E-state index is 7.00. The van der Waals surface area contributed by atoms with Gasteiger partial charge in [0.05, 0.1) is 19.4 Å². The molecule has 1 aromatic heterocycles. The molecule has 0 aliphatic carbocycles. The first-order chi connectivity index (χ1) is 19.8. The van der Waals surface area contributed by atoms with Crippen LogP contribution in [0.1, 0.15) is 39.2 Å². The Balaban J connectivity index is 0.000000391. The standard InChI is InChI=1S/C19H20N2.C15H22O3.CH4O.H2/c1-4-18(20)15(3)11-12-16-14(2)8-7-9-17(16)19-10-5-6-13-21-19;1-12-10-13(4-5-14(12)17-3)15(11-16-2)6-8-18-9-7-15;1-2;/h4-13H,2,20H2,1,3H3;4-5,10H,6-9,11H2,1-3H3;2H,1H3;1H/b15-11+,16-12+,18-4-;;;. The van der Waals surface area contributed by atoms with Gasteiger partial charge in [-0.05, 0) is 78.9 Å². The molecule has 0 saturated carbocycles. The van der Waals surface area contributed by atoms with Gasteiger partial charge in [-0.2, -0.15) is 0 Å². The van der Waals surface area contributed by atoms with Crippen LogP contribution in [0.3, 0.4) is 0 Å². The van der Waals surface area contributed by atoms with Gasteiger partial charge in [-0.15, -0.1) is 0 Å². The first-order valence-corrected chi connectivity index (χ1v) is 13.8. The fourth-order valence-electron chi connectivity index (χ4n) is 4.85. The third-order valence-electron chi connectivity index (χ3n) is 7.28. The maximum atomic E-state index is 7.00. The van der Waals surface area contributed by atoms with E-state index in [4.69, 9.17) is 25.1 Å². The Morgan fingerprint density at radius 2 is 1.85 bits per heavy atom. The van der Waals surface area contributed by atoms with E-state index < -0.39 is 0 Å². The number of benzene rings is 2. The molecule has 1 saturated heterocycles. The highest BCUT2D eigenvalue weighted by Crippen LogP contribution is 2.37. The zero-order valence-electron chi connectivity index (χ0n) is 25.4. The number of nitrogens with zero attached hydrogens (tertiary/aromatic N) is 1. The van der Waals surface area contributed by atoms with Crippen molar-refractivity contribution in [2.24, 2.45) is 5.73 Å². The second-order valence-corrected chi connectivity index (χ2v) is 9.86. The maximum Gasteiger partial charge on any atom is 0.121 e. The normalized spacial score (nSPS) is 15.2. The second kappa shape index (κ2) is 17.2. The second-order valence-electron chi connectivity index (χ2n) is 9.86. The number of methoxy groups -OCH3 is 2. The number of aryl methyl sites for hydroxylation is 1. The third kappa shape index (κ3) is 9.15. The Bertz CT molecular complexity index is 1390. The van der Waals surface area contributed by atoms with Gasteiger partial charge < -0.3 is 25.1 Å². The van der Waals surface area contributed by atoms with Gasteiger partial charge >= 0.3 is 0 Å². The highest BCUT2D eigenvalue weighted by atomic mass is 16.5. The lowest BCUT2D eigenvalue weighted by Crippen LogP contribution is -2.38. The Hall–Kier alpha value is -3.71. The molecule has 0 radical (unpaired) electrons. The fourth-order valence-corrected chi connectivity index (χ4v) is 4.85. The molecule has 1 fully saturated rings. The monoisotopic (exact) mass is 560 g/mol. The van der Waals surface area contributed by atoms with Gasteiger partial charge in [0, 0.05) is 51.7 Å². The van der Waals surface area contributed by atoms with Crippen molar-refractivity contribution < 1.29 is 20.7 Å². The molecule has 0 spiro atoms. The number of rotatable bonds is 7. The largest absolute Gasteiger partial charge is 0.496 e. The SMILES string of the molecule is C=c1cccc(-c2ccccn2)/c1=C/C=C(C)/C(N)=C/C.CO.COCC1(c2ccc(OC)c(C)c2)CCOCC1.[HH]. The lowest BCUT2D eigenvalue weighted by Gasteiger charge is -2.37. The molecule has 3 aromatic rings. The van der Waals surface area contributed by atoms with Crippen molar-refractivity contribution in [3.05, 3.63) is 106 Å². The van der Waals surface area contributed by atoms with Gasteiger partial charge in [0.15, 0.2) is 0 Å². The molecule has 0 unspecified atom stereocenters. The number of pyridine rings is 1. The van der Waals surface area contributed by atoms with E-state index in [-0.39, 0.29) is 6.84 Å². The van der Waals surface area contributed by atoms with Crippen molar-refractivity contribution in [3.8, 4) is 17.0 Å². The van der Waals surface area contributed by atoms with Crippen molar-refractivity contribution >= 4 is 12.7 Å². The smallest absolute Gasteiger partial charge is 0.121 e. The quantitative estimate of drug-likeness (QED) is 0.382. The number of nitrogens with two attached hydrogens (primary N) is 1. The van der Waals surface area contributed by atoms with Crippen LogP contribution in [0.5, 0.6) is 5.75 Å². The zero-order chi connectivity index (χ0) is 30.3. The minimum absolute atomic E-state index is 0. The van der Waals surface area contributed by atoms with E-state index in [1.165, 1.54) is 11.1 Å². The van der Waals surface area contributed by atoms with Gasteiger partial charge in [-0.3, -0.25) is 4.98 Å². The molecule has 0 atom stereocenters. The fraction of sp³-hybridized carbons (Fsp3) is 0.343. The Morgan fingerprint density at radius 1 is 1.12 bits per heavy atom. The van der Waals surface area contributed by atoms with Gasteiger partial charge in [-0.25, -0.2) is 0 Å². The summed E-state index contributed by atoms with van der Waals surface area (Å²) < 4.78 is 16.3. The first-order valence-electron chi connectivity index (χ1n) is 13.8. The van der Waals surface area contributed by atoms with Crippen molar-refractivity contribution in [2.75, 3.05) is 41.2 Å². The number of hydrogen-bond donors (Lipinski definition) is 2. The molecule has 0 bridgehead atoms. The third-order valence-corrected chi connectivity index (χ3v) is 7.28. The summed E-state index contributed by atoms with van der Waals surface area (Å²) in [6.45, 7) is 12.5. The van der Waals surface area contributed by atoms with Gasteiger partial charge in [0.25, 0.3) is 0 Å². The summed E-state index contributed by atoms with van der Waals surface area (Å²) in [5, 5.41) is 9.04. The highest BCUT2D eigenvalue weighted by molar-refractivity contribution is 5.63. The van der Waals surface area contributed by atoms with Crippen LogP contribution in [-0.4, -0.2) is 51.2 Å². The summed E-state index contributed by atoms with van der Waals surface area (Å²) in [6.07, 6.45) is 9.81. The number of ether oxygens (including phenoxy) is 3. The molecule has 4 rings (SSSR count). The average Bonchev–Trinajstić information content (AvgIpc) is 3.02. The van der Waals surface area contributed by atoms with E-state index in [0.29, 0.717) is 0 Å². The van der Waals surface area contributed by atoms with Crippen LogP contribution in [0.2, 0.25) is 0 Å². The van der Waals surface area contributed by atoms with Crippen molar-refractivity contribution in [3.63, 3.8) is 0 Å². The minimum atomic E-state index is 0. The van der Waals surface area contributed by atoms with Crippen LogP contribution in [0.25, 0.3) is 23.9 Å². The molecule has 6 heteroatoms. The summed E-state index contributed by atoms with van der Waals surface area (Å²) in [6, 6.07) is 18.4. The molecule has 2 aromatic carbocycles. The molecule has 222 valence electrons. The predicted octanol–water partition coefficient (Wildman–Crippen LogP) is 5.30. The summed E-state index contributed by atoms with van der Waals surface area (Å²) in [5.41, 5.74) is 12.4. The van der Waals surface area contributed by atoms with Crippen LogP contribution >= 0.6 is 0 Å². The molecule has 1 aliphatic rings. The molecular formula is C35H48N2O4. The highest BCUT2D eigenvalue weighted by Gasteiger charge is 2.34. The molecular weight excluding hydrogens is 512 g/mol. The molecule has 1 aliphatic heterocycles. The summed E-state index contributed by atoms with van der Waals surface area (Å²) in [7, 11) is 4.48. The topological polar surface area (TPSA) is 86.8 Å². The van der Waals surface area contributed by atoms with E-state index in [1.807, 2.05) is 56.3 Å². The molecule has 2 heterocycles. The summed E-state index contributed by atoms with van der Waals surface area (Å²) in [5.74, 6) is 0.943. The van der Waals surface area contributed by atoms with Gasteiger partial charge in [0.1, 0.15) is 5.75 Å². The van der Waals surface area contributed by atoms with Gasteiger partial charge in [-0.1, -0.05) is 61.2 Å². The van der Waals surface area contributed by atoms with Crippen molar-refractivity contribution in [1.82, 2.24) is 4.98 Å². The van der Waals surface area contributed by atoms with Crippen LogP contribution in [0.4, 0.5) is 0 Å². The molecule has 3 N–H and O–H groups in total. The van der Waals surface area contributed by atoms with E-state index >= 15 is 0 Å².